The number of thiazole rings is 1. The molecule has 0 aliphatic carbocycles. The minimum Gasteiger partial charge on any atom is -0.370 e. The molecule has 114 valence electrons. The highest BCUT2D eigenvalue weighted by molar-refractivity contribution is 7.07. The molecule has 0 spiro atoms. The molecule has 2 rings (SSSR count). The van der Waals surface area contributed by atoms with Crippen LogP contribution in [-0.4, -0.2) is 28.0 Å². The van der Waals surface area contributed by atoms with E-state index in [4.69, 9.17) is 0 Å². The lowest BCUT2D eigenvalue weighted by Gasteiger charge is -2.14. The molecule has 0 bridgehead atoms. The number of rotatable bonds is 9. The third kappa shape index (κ3) is 4.67. The van der Waals surface area contributed by atoms with E-state index in [-0.39, 0.29) is 0 Å². The maximum atomic E-state index is 4.40. The van der Waals surface area contributed by atoms with E-state index in [1.165, 1.54) is 5.56 Å². The summed E-state index contributed by atoms with van der Waals surface area (Å²) in [7, 11) is 0. The van der Waals surface area contributed by atoms with E-state index >= 15 is 0 Å². The van der Waals surface area contributed by atoms with Crippen LogP contribution in [0.1, 0.15) is 37.9 Å². The van der Waals surface area contributed by atoms with Crippen molar-refractivity contribution in [2.45, 2.75) is 39.5 Å². The molecule has 2 N–H and O–H groups in total. The highest BCUT2D eigenvalue weighted by Gasteiger charge is 2.10. The van der Waals surface area contributed by atoms with Crippen molar-refractivity contribution >= 4 is 23.0 Å². The Morgan fingerprint density at radius 3 is 2.33 bits per heavy atom. The van der Waals surface area contributed by atoms with Crippen molar-refractivity contribution in [3.63, 3.8) is 0 Å². The minimum atomic E-state index is 0.838. The molecule has 2 heterocycles. The molecule has 0 aromatic carbocycles. The number of hydrogen-bond donors (Lipinski definition) is 2. The van der Waals surface area contributed by atoms with Crippen LogP contribution in [0.2, 0.25) is 0 Å². The fourth-order valence-corrected chi connectivity index (χ4v) is 2.71. The molecule has 0 aliphatic heterocycles. The third-order valence-corrected chi connectivity index (χ3v) is 3.78. The molecule has 0 amide bonds. The first kappa shape index (κ1) is 15.7. The Labute approximate surface area is 130 Å². The van der Waals surface area contributed by atoms with Crippen molar-refractivity contribution < 1.29 is 0 Å². The quantitative estimate of drug-likeness (QED) is 0.744. The SMILES string of the molecule is CCCNc1ncnc(NCCc2cscn2)c1CCC. The summed E-state index contributed by atoms with van der Waals surface area (Å²) in [6.07, 6.45) is 5.68. The Morgan fingerprint density at radius 1 is 0.952 bits per heavy atom. The summed E-state index contributed by atoms with van der Waals surface area (Å²) in [6, 6.07) is 0. The van der Waals surface area contributed by atoms with Crippen molar-refractivity contribution in [3.05, 3.63) is 28.5 Å². The van der Waals surface area contributed by atoms with Crippen molar-refractivity contribution in [2.24, 2.45) is 0 Å². The number of nitrogens with zero attached hydrogens (tertiary/aromatic N) is 3. The topological polar surface area (TPSA) is 62.7 Å². The maximum Gasteiger partial charge on any atom is 0.134 e. The maximum absolute atomic E-state index is 4.40. The van der Waals surface area contributed by atoms with E-state index in [2.05, 4.69) is 44.8 Å². The smallest absolute Gasteiger partial charge is 0.134 e. The molecule has 0 saturated carbocycles. The Morgan fingerprint density at radius 2 is 1.71 bits per heavy atom. The van der Waals surface area contributed by atoms with Crippen molar-refractivity contribution in [1.29, 1.82) is 0 Å². The van der Waals surface area contributed by atoms with E-state index in [0.29, 0.717) is 0 Å². The number of hydrogen-bond acceptors (Lipinski definition) is 6. The van der Waals surface area contributed by atoms with Gasteiger partial charge in [-0.1, -0.05) is 20.3 Å². The largest absolute Gasteiger partial charge is 0.370 e. The van der Waals surface area contributed by atoms with E-state index in [0.717, 1.165) is 56.1 Å². The van der Waals surface area contributed by atoms with Gasteiger partial charge >= 0.3 is 0 Å². The van der Waals surface area contributed by atoms with Crippen molar-refractivity contribution in [2.75, 3.05) is 23.7 Å². The molecule has 0 atom stereocenters. The first-order chi connectivity index (χ1) is 10.3. The Balaban J connectivity index is 2.02. The lowest BCUT2D eigenvalue weighted by atomic mass is 10.1. The third-order valence-electron chi connectivity index (χ3n) is 3.14. The average Bonchev–Trinajstić information content (AvgIpc) is 3.01. The first-order valence-electron chi connectivity index (χ1n) is 7.53. The summed E-state index contributed by atoms with van der Waals surface area (Å²) < 4.78 is 0. The van der Waals surface area contributed by atoms with Crippen molar-refractivity contribution in [3.8, 4) is 0 Å². The normalized spacial score (nSPS) is 10.6. The molecule has 0 fully saturated rings. The highest BCUT2D eigenvalue weighted by atomic mass is 32.1. The van der Waals surface area contributed by atoms with Crippen LogP contribution in [-0.2, 0) is 12.8 Å². The van der Waals surface area contributed by atoms with E-state index < -0.39 is 0 Å². The Bertz CT molecular complexity index is 527. The van der Waals surface area contributed by atoms with Crippen LogP contribution >= 0.6 is 11.3 Å². The van der Waals surface area contributed by atoms with Crippen LogP contribution in [0.3, 0.4) is 0 Å². The van der Waals surface area contributed by atoms with Gasteiger partial charge in [0.15, 0.2) is 0 Å². The zero-order valence-corrected chi connectivity index (χ0v) is 13.5. The van der Waals surface area contributed by atoms with Crippen LogP contribution in [0.4, 0.5) is 11.6 Å². The molecule has 0 saturated heterocycles. The molecule has 2 aromatic heterocycles. The summed E-state index contributed by atoms with van der Waals surface area (Å²) in [6.45, 7) is 6.10. The fourth-order valence-electron chi connectivity index (χ4n) is 2.12. The van der Waals surface area contributed by atoms with Gasteiger partial charge in [0, 0.05) is 30.5 Å². The van der Waals surface area contributed by atoms with Gasteiger partial charge in [0.2, 0.25) is 0 Å². The van der Waals surface area contributed by atoms with Gasteiger partial charge in [-0.3, -0.25) is 0 Å². The molecule has 6 heteroatoms. The van der Waals surface area contributed by atoms with Gasteiger partial charge in [-0.2, -0.15) is 0 Å². The molecule has 0 radical (unpaired) electrons. The zero-order chi connectivity index (χ0) is 14.9. The molecule has 21 heavy (non-hydrogen) atoms. The zero-order valence-electron chi connectivity index (χ0n) is 12.7. The lowest BCUT2D eigenvalue weighted by molar-refractivity contribution is 0.881. The fraction of sp³-hybridized carbons (Fsp3) is 0.533. The predicted octanol–water partition coefficient (Wildman–Crippen LogP) is 3.36. The second-order valence-electron chi connectivity index (χ2n) is 4.88. The van der Waals surface area contributed by atoms with Crippen LogP contribution in [0.5, 0.6) is 0 Å². The minimum absolute atomic E-state index is 0.838. The Kier molecular flexibility index (Phi) is 6.40. The molecule has 0 unspecified atom stereocenters. The Hall–Kier alpha value is -1.69. The monoisotopic (exact) mass is 305 g/mol. The van der Waals surface area contributed by atoms with Crippen LogP contribution in [0.25, 0.3) is 0 Å². The first-order valence-corrected chi connectivity index (χ1v) is 8.48. The lowest BCUT2D eigenvalue weighted by Crippen LogP contribution is -2.12. The standard InChI is InChI=1S/C15H23N5S/c1-3-5-13-14(16-7-4-2)18-10-19-15(13)17-8-6-12-9-21-11-20-12/h9-11H,3-8H2,1-2H3,(H2,16,17,18,19). The van der Waals surface area contributed by atoms with E-state index in [1.807, 2.05) is 5.51 Å². The van der Waals surface area contributed by atoms with Crippen LogP contribution in [0.15, 0.2) is 17.2 Å². The predicted molar refractivity (Wildman–Crippen MR) is 89.1 cm³/mol. The second-order valence-corrected chi connectivity index (χ2v) is 5.60. The summed E-state index contributed by atoms with van der Waals surface area (Å²) >= 11 is 1.63. The molecular weight excluding hydrogens is 282 g/mol. The number of nitrogens with one attached hydrogen (secondary N) is 2. The summed E-state index contributed by atoms with van der Waals surface area (Å²) in [4.78, 5) is 13.1. The van der Waals surface area contributed by atoms with Crippen molar-refractivity contribution in [1.82, 2.24) is 15.0 Å². The molecule has 5 nitrogen and oxygen atoms in total. The van der Waals surface area contributed by atoms with Gasteiger partial charge in [0.1, 0.15) is 18.0 Å². The van der Waals surface area contributed by atoms with Gasteiger partial charge < -0.3 is 10.6 Å². The van der Waals surface area contributed by atoms with E-state index in [1.54, 1.807) is 17.7 Å². The van der Waals surface area contributed by atoms with Gasteiger partial charge in [0.25, 0.3) is 0 Å². The van der Waals surface area contributed by atoms with Crippen LogP contribution in [0, 0.1) is 0 Å². The second kappa shape index (κ2) is 8.56. The van der Waals surface area contributed by atoms with Gasteiger partial charge in [-0.05, 0) is 12.8 Å². The summed E-state index contributed by atoms with van der Waals surface area (Å²) in [5.74, 6) is 1.91. The molecule has 0 aliphatic rings. The van der Waals surface area contributed by atoms with Gasteiger partial charge in [-0.25, -0.2) is 15.0 Å². The van der Waals surface area contributed by atoms with E-state index in [9.17, 15) is 0 Å². The molecule has 2 aromatic rings. The van der Waals surface area contributed by atoms with Gasteiger partial charge in [0.05, 0.1) is 11.2 Å². The van der Waals surface area contributed by atoms with Crippen LogP contribution < -0.4 is 10.6 Å². The number of anilines is 2. The van der Waals surface area contributed by atoms with Gasteiger partial charge in [-0.15, -0.1) is 11.3 Å². The number of aromatic nitrogens is 3. The average molecular weight is 305 g/mol. The molecular formula is C15H23N5S. The highest BCUT2D eigenvalue weighted by Crippen LogP contribution is 2.21. The summed E-state index contributed by atoms with van der Waals surface area (Å²) in [5.41, 5.74) is 4.18. The summed E-state index contributed by atoms with van der Waals surface area (Å²) in [5, 5.41) is 8.90.